The summed E-state index contributed by atoms with van der Waals surface area (Å²) in [6, 6.07) is 7.86. The maximum Gasteiger partial charge on any atom is 0.278 e. The zero-order valence-electron chi connectivity index (χ0n) is 14.2. The minimum absolute atomic E-state index is 0.161. The minimum atomic E-state index is -3.65. The van der Waals surface area contributed by atoms with E-state index in [9.17, 15) is 8.42 Å². The van der Waals surface area contributed by atoms with Crippen LogP contribution < -0.4 is 9.47 Å². The zero-order valence-corrected chi connectivity index (χ0v) is 15.0. The first-order chi connectivity index (χ1) is 12.5. The predicted molar refractivity (Wildman–Crippen MR) is 92.1 cm³/mol. The van der Waals surface area contributed by atoms with E-state index < -0.39 is 10.0 Å². The first kappa shape index (κ1) is 18.1. The van der Waals surface area contributed by atoms with Crippen LogP contribution >= 0.6 is 0 Å². The third-order valence-electron chi connectivity index (χ3n) is 4.07. The van der Waals surface area contributed by atoms with Crippen molar-refractivity contribution in [2.24, 2.45) is 0 Å². The Hall–Kier alpha value is -2.70. The van der Waals surface area contributed by atoms with E-state index in [-0.39, 0.29) is 29.3 Å². The van der Waals surface area contributed by atoms with Gasteiger partial charge in [0.05, 0.1) is 30.2 Å². The zero-order chi connectivity index (χ0) is 18.6. The summed E-state index contributed by atoms with van der Waals surface area (Å²) >= 11 is 0. The molecular formula is C17H18N4O4S. The Bertz CT molecular complexity index is 909. The highest BCUT2D eigenvalue weighted by atomic mass is 32.2. The molecule has 1 saturated heterocycles. The second-order valence-electron chi connectivity index (χ2n) is 5.75. The summed E-state index contributed by atoms with van der Waals surface area (Å²) in [5.74, 6) is 0.511. The summed E-state index contributed by atoms with van der Waals surface area (Å²) < 4.78 is 38.0. The van der Waals surface area contributed by atoms with Crippen LogP contribution in [0.5, 0.6) is 11.8 Å². The van der Waals surface area contributed by atoms with E-state index >= 15 is 0 Å². The van der Waals surface area contributed by atoms with Crippen LogP contribution in [-0.4, -0.2) is 49.0 Å². The normalized spacial score (nSPS) is 18.1. The molecule has 1 aliphatic rings. The second kappa shape index (κ2) is 7.68. The van der Waals surface area contributed by atoms with Crippen LogP contribution in [0.25, 0.3) is 0 Å². The fourth-order valence-electron chi connectivity index (χ4n) is 2.76. The minimum Gasteiger partial charge on any atom is -0.477 e. The number of piperidine rings is 1. The van der Waals surface area contributed by atoms with Gasteiger partial charge in [-0.05, 0) is 37.1 Å². The molecule has 1 unspecified atom stereocenters. The molecule has 1 fully saturated rings. The number of nitrogens with zero attached hydrogens (tertiary/aromatic N) is 4. The monoisotopic (exact) mass is 374 g/mol. The van der Waals surface area contributed by atoms with Crippen LogP contribution in [0.4, 0.5) is 0 Å². The number of benzene rings is 1. The van der Waals surface area contributed by atoms with Gasteiger partial charge in [-0.1, -0.05) is 0 Å². The molecule has 0 aliphatic carbocycles. The van der Waals surface area contributed by atoms with Gasteiger partial charge < -0.3 is 9.47 Å². The molecule has 0 N–H and O–H groups in total. The molecule has 0 bridgehead atoms. The van der Waals surface area contributed by atoms with Crippen molar-refractivity contribution < 1.29 is 17.9 Å². The van der Waals surface area contributed by atoms with Crippen LogP contribution in [0, 0.1) is 11.3 Å². The van der Waals surface area contributed by atoms with Gasteiger partial charge in [0.15, 0.2) is 0 Å². The number of hydrogen-bond acceptors (Lipinski definition) is 7. The lowest BCUT2D eigenvalue weighted by Crippen LogP contribution is -2.44. The third-order valence-corrected chi connectivity index (χ3v) is 5.95. The third kappa shape index (κ3) is 3.76. The summed E-state index contributed by atoms with van der Waals surface area (Å²) in [4.78, 5) is 8.29. The van der Waals surface area contributed by atoms with E-state index in [2.05, 4.69) is 9.97 Å². The van der Waals surface area contributed by atoms with E-state index in [4.69, 9.17) is 14.7 Å². The maximum absolute atomic E-state index is 12.8. The molecule has 1 aromatic heterocycles. The van der Waals surface area contributed by atoms with Gasteiger partial charge in [-0.3, -0.25) is 0 Å². The van der Waals surface area contributed by atoms with Gasteiger partial charge in [-0.2, -0.15) is 9.57 Å². The van der Waals surface area contributed by atoms with Crippen LogP contribution in [0.1, 0.15) is 18.4 Å². The number of rotatable bonds is 5. The Morgan fingerprint density at radius 3 is 2.54 bits per heavy atom. The van der Waals surface area contributed by atoms with Crippen LogP contribution in [0.15, 0.2) is 41.6 Å². The quantitative estimate of drug-likeness (QED) is 0.782. The number of nitriles is 1. The SMILES string of the molecule is COc1nccnc1OC1CCCN(S(=O)(=O)c2ccc(C#N)cc2)C1. The topological polar surface area (TPSA) is 105 Å². The summed E-state index contributed by atoms with van der Waals surface area (Å²) in [6.07, 6.45) is 4.02. The van der Waals surface area contributed by atoms with E-state index in [1.807, 2.05) is 6.07 Å². The Morgan fingerprint density at radius 2 is 1.88 bits per heavy atom. The Balaban J connectivity index is 1.76. The molecule has 1 atom stereocenters. The van der Waals surface area contributed by atoms with Gasteiger partial charge >= 0.3 is 0 Å². The predicted octanol–water partition coefficient (Wildman–Crippen LogP) is 1.59. The number of ether oxygens (including phenoxy) is 2. The molecule has 1 aromatic carbocycles. The molecule has 8 nitrogen and oxygen atoms in total. The van der Waals surface area contributed by atoms with Gasteiger partial charge in [-0.15, -0.1) is 0 Å². The average molecular weight is 374 g/mol. The van der Waals surface area contributed by atoms with Crippen molar-refractivity contribution in [3.63, 3.8) is 0 Å². The summed E-state index contributed by atoms with van der Waals surface area (Å²) in [5, 5.41) is 8.85. The molecule has 0 radical (unpaired) electrons. The largest absolute Gasteiger partial charge is 0.477 e. The Labute approximate surface area is 152 Å². The van der Waals surface area contributed by atoms with Crippen molar-refractivity contribution in [3.8, 4) is 17.8 Å². The average Bonchev–Trinajstić information content (AvgIpc) is 2.68. The van der Waals surface area contributed by atoms with Crippen LogP contribution in [0.3, 0.4) is 0 Å². The summed E-state index contributed by atoms with van der Waals surface area (Å²) in [7, 11) is -2.18. The van der Waals surface area contributed by atoms with Crippen molar-refractivity contribution in [3.05, 3.63) is 42.2 Å². The van der Waals surface area contributed by atoms with Crippen molar-refractivity contribution in [2.45, 2.75) is 23.8 Å². The summed E-state index contributed by atoms with van der Waals surface area (Å²) in [6.45, 7) is 0.627. The van der Waals surface area contributed by atoms with Crippen molar-refractivity contribution in [1.29, 1.82) is 5.26 Å². The van der Waals surface area contributed by atoms with E-state index in [1.165, 1.54) is 48.1 Å². The van der Waals surface area contributed by atoms with E-state index in [0.717, 1.165) is 0 Å². The molecule has 9 heteroatoms. The molecule has 26 heavy (non-hydrogen) atoms. The van der Waals surface area contributed by atoms with E-state index in [0.29, 0.717) is 24.9 Å². The van der Waals surface area contributed by atoms with Gasteiger partial charge in [0.25, 0.3) is 11.8 Å². The van der Waals surface area contributed by atoms with Crippen LogP contribution in [-0.2, 0) is 10.0 Å². The highest BCUT2D eigenvalue weighted by molar-refractivity contribution is 7.89. The maximum atomic E-state index is 12.8. The summed E-state index contributed by atoms with van der Waals surface area (Å²) in [5.41, 5.74) is 0.415. The van der Waals surface area contributed by atoms with Crippen LogP contribution in [0.2, 0.25) is 0 Å². The molecule has 2 aromatic rings. The molecular weight excluding hydrogens is 356 g/mol. The molecule has 0 spiro atoms. The Morgan fingerprint density at radius 1 is 1.19 bits per heavy atom. The van der Waals surface area contributed by atoms with Crippen molar-refractivity contribution in [1.82, 2.24) is 14.3 Å². The number of methoxy groups -OCH3 is 1. The number of hydrogen-bond donors (Lipinski definition) is 0. The lowest BCUT2D eigenvalue weighted by molar-refractivity contribution is 0.119. The fraction of sp³-hybridized carbons (Fsp3) is 0.353. The number of aromatic nitrogens is 2. The Kier molecular flexibility index (Phi) is 5.35. The molecule has 3 rings (SSSR count). The van der Waals surface area contributed by atoms with Gasteiger partial charge in [-0.25, -0.2) is 18.4 Å². The first-order valence-electron chi connectivity index (χ1n) is 8.06. The lowest BCUT2D eigenvalue weighted by Gasteiger charge is -2.31. The van der Waals surface area contributed by atoms with E-state index in [1.54, 1.807) is 0 Å². The smallest absolute Gasteiger partial charge is 0.278 e. The second-order valence-corrected chi connectivity index (χ2v) is 7.69. The molecule has 136 valence electrons. The van der Waals surface area contributed by atoms with Gasteiger partial charge in [0.1, 0.15) is 6.10 Å². The van der Waals surface area contributed by atoms with Crippen molar-refractivity contribution >= 4 is 10.0 Å². The molecule has 0 amide bonds. The van der Waals surface area contributed by atoms with Gasteiger partial charge in [0, 0.05) is 18.9 Å². The first-order valence-corrected chi connectivity index (χ1v) is 9.50. The molecule has 2 heterocycles. The highest BCUT2D eigenvalue weighted by Crippen LogP contribution is 2.26. The fourth-order valence-corrected chi connectivity index (χ4v) is 4.27. The van der Waals surface area contributed by atoms with Gasteiger partial charge in [0.2, 0.25) is 10.0 Å². The highest BCUT2D eigenvalue weighted by Gasteiger charge is 2.31. The van der Waals surface area contributed by atoms with Crippen molar-refractivity contribution in [2.75, 3.05) is 20.2 Å². The number of sulfonamides is 1. The lowest BCUT2D eigenvalue weighted by atomic mass is 10.1. The molecule has 0 saturated carbocycles. The standard InChI is InChI=1S/C17H18N4O4S/c1-24-16-17(20-9-8-19-16)25-14-3-2-10-21(12-14)26(22,23)15-6-4-13(11-18)5-7-15/h4-9,14H,2-3,10,12H2,1H3. The molecule has 1 aliphatic heterocycles.